The molecule has 0 rings (SSSR count). The minimum Gasteiger partial charge on any atom is -0.462 e. The van der Waals surface area contributed by atoms with Crippen molar-refractivity contribution < 1.29 is 80.2 Å². The summed E-state index contributed by atoms with van der Waals surface area (Å²) < 4.78 is 68.5. The normalized spacial score (nSPS) is 14.2. The zero-order valence-electron chi connectivity index (χ0n) is 64.1. The summed E-state index contributed by atoms with van der Waals surface area (Å²) in [7, 11) is -9.91. The fourth-order valence-electron chi connectivity index (χ4n) is 12.2. The molecule has 3 N–H and O–H groups in total. The third kappa shape index (κ3) is 71.1. The van der Waals surface area contributed by atoms with Gasteiger partial charge in [0.15, 0.2) is 12.2 Å². The van der Waals surface area contributed by atoms with Crippen molar-refractivity contribution in [1.82, 2.24) is 0 Å². The number of carbonyl (C=O) groups excluding carboxylic acids is 4. The second kappa shape index (κ2) is 70.7. The van der Waals surface area contributed by atoms with Crippen LogP contribution in [0, 0.1) is 11.8 Å². The van der Waals surface area contributed by atoms with E-state index in [1.807, 2.05) is 0 Å². The van der Waals surface area contributed by atoms with Crippen LogP contribution in [-0.4, -0.2) is 96.7 Å². The first kappa shape index (κ1) is 96.1. The van der Waals surface area contributed by atoms with Crippen LogP contribution in [0.2, 0.25) is 0 Å². The van der Waals surface area contributed by atoms with Crippen molar-refractivity contribution in [1.29, 1.82) is 0 Å². The van der Waals surface area contributed by atoms with Gasteiger partial charge in [0.2, 0.25) is 0 Å². The maximum atomic E-state index is 13.1. The summed E-state index contributed by atoms with van der Waals surface area (Å²) in [5.41, 5.74) is 0. The van der Waals surface area contributed by atoms with Crippen LogP contribution >= 0.6 is 15.6 Å². The molecule has 0 spiro atoms. The summed E-state index contributed by atoms with van der Waals surface area (Å²) in [4.78, 5) is 72.8. The first-order valence-corrected chi connectivity index (χ1v) is 44.0. The Labute approximate surface area is 600 Å². The van der Waals surface area contributed by atoms with Gasteiger partial charge in [0.05, 0.1) is 26.4 Å². The highest BCUT2D eigenvalue weighted by Gasteiger charge is 2.30. The predicted molar refractivity (Wildman–Crippen MR) is 400 cm³/mol. The van der Waals surface area contributed by atoms with Crippen LogP contribution < -0.4 is 0 Å². The quantitative estimate of drug-likeness (QED) is 0.0222. The average Bonchev–Trinajstić information content (AvgIpc) is 1.15. The Kier molecular flexibility index (Phi) is 69.3. The molecule has 98 heavy (non-hydrogen) atoms. The summed E-state index contributed by atoms with van der Waals surface area (Å²) in [5.74, 6) is -0.500. The average molecular weight is 1440 g/mol. The van der Waals surface area contributed by atoms with Gasteiger partial charge in [-0.1, -0.05) is 363 Å². The molecule has 0 aromatic rings. The monoisotopic (exact) mass is 1440 g/mol. The molecule has 0 aliphatic rings. The highest BCUT2D eigenvalue weighted by Crippen LogP contribution is 2.45. The Morgan fingerprint density at radius 2 is 0.520 bits per heavy atom. The number of phosphoric acid groups is 2. The van der Waals surface area contributed by atoms with Crippen LogP contribution in [-0.2, 0) is 65.4 Å². The third-order valence-electron chi connectivity index (χ3n) is 18.8. The minimum atomic E-state index is -4.96. The molecule has 0 heterocycles. The second-order valence-corrected chi connectivity index (χ2v) is 32.1. The Morgan fingerprint density at radius 1 is 0.296 bits per heavy atom. The highest BCUT2D eigenvalue weighted by molar-refractivity contribution is 7.47. The van der Waals surface area contributed by atoms with Gasteiger partial charge in [0.25, 0.3) is 0 Å². The summed E-state index contributed by atoms with van der Waals surface area (Å²) in [6, 6.07) is 0. The number of phosphoric ester groups is 2. The van der Waals surface area contributed by atoms with Gasteiger partial charge < -0.3 is 33.8 Å². The van der Waals surface area contributed by atoms with E-state index in [1.165, 1.54) is 218 Å². The van der Waals surface area contributed by atoms with E-state index in [1.54, 1.807) is 0 Å². The molecule has 0 saturated carbocycles. The number of hydrogen-bond acceptors (Lipinski definition) is 15. The smallest absolute Gasteiger partial charge is 0.462 e. The van der Waals surface area contributed by atoms with Crippen molar-refractivity contribution in [3.63, 3.8) is 0 Å². The number of hydrogen-bond donors (Lipinski definition) is 3. The molecule has 0 aromatic heterocycles. The van der Waals surface area contributed by atoms with Crippen LogP contribution in [0.4, 0.5) is 0 Å². The lowest BCUT2D eigenvalue weighted by molar-refractivity contribution is -0.161. The van der Waals surface area contributed by atoms with Gasteiger partial charge in [0, 0.05) is 25.7 Å². The number of ether oxygens (including phenoxy) is 4. The maximum Gasteiger partial charge on any atom is 0.472 e. The first-order chi connectivity index (χ1) is 47.4. The first-order valence-electron chi connectivity index (χ1n) is 41.0. The molecule has 582 valence electrons. The van der Waals surface area contributed by atoms with Gasteiger partial charge in [-0.2, -0.15) is 0 Å². The second-order valence-electron chi connectivity index (χ2n) is 29.2. The number of aliphatic hydroxyl groups is 1. The lowest BCUT2D eigenvalue weighted by atomic mass is 9.99. The molecular weight excluding hydrogens is 1280 g/mol. The van der Waals surface area contributed by atoms with Crippen LogP contribution in [0.3, 0.4) is 0 Å². The fraction of sp³-hybridized carbons (Fsp3) is 0.949. The van der Waals surface area contributed by atoms with Crippen molar-refractivity contribution in [2.75, 3.05) is 39.6 Å². The largest absolute Gasteiger partial charge is 0.472 e. The van der Waals surface area contributed by atoms with Crippen LogP contribution in [0.1, 0.15) is 414 Å². The van der Waals surface area contributed by atoms with E-state index in [0.717, 1.165) is 115 Å². The Bertz CT molecular complexity index is 1890. The highest BCUT2D eigenvalue weighted by atomic mass is 31.2. The Hall–Kier alpha value is -1.94. The SMILES string of the molecule is CCCCCCCCCCCCCCCCCCCCCC(=O)O[C@H](COC(=O)CCCCCCCCCCCCCCCCC(C)CC)COP(=O)(O)OC[C@@H](O)COP(=O)(O)OC[C@@H](COC(=O)CCCCCCCCC)OC(=O)CCCCCCCCCCCCCC(C)C. The summed E-state index contributed by atoms with van der Waals surface area (Å²) >= 11 is 0. The van der Waals surface area contributed by atoms with E-state index in [2.05, 4.69) is 41.5 Å². The zero-order valence-corrected chi connectivity index (χ0v) is 65.9. The lowest BCUT2D eigenvalue weighted by Gasteiger charge is -2.21. The van der Waals surface area contributed by atoms with Crippen LogP contribution in [0.15, 0.2) is 0 Å². The number of unbranched alkanes of at least 4 members (excludes halogenated alkanes) is 47. The van der Waals surface area contributed by atoms with Crippen molar-refractivity contribution >= 4 is 39.5 Å². The molecule has 3 unspecified atom stereocenters. The lowest BCUT2D eigenvalue weighted by Crippen LogP contribution is -2.30. The Morgan fingerprint density at radius 3 is 0.776 bits per heavy atom. The number of esters is 4. The molecule has 0 aromatic carbocycles. The minimum absolute atomic E-state index is 0.106. The third-order valence-corrected chi connectivity index (χ3v) is 20.7. The molecular formula is C79H154O17P2. The van der Waals surface area contributed by atoms with Gasteiger partial charge in [-0.3, -0.25) is 37.3 Å². The molecule has 0 aliphatic heterocycles. The molecule has 0 fully saturated rings. The number of rotatable bonds is 78. The molecule has 17 nitrogen and oxygen atoms in total. The predicted octanol–water partition coefficient (Wildman–Crippen LogP) is 23.5. The zero-order chi connectivity index (χ0) is 72.1. The summed E-state index contributed by atoms with van der Waals surface area (Å²) in [5, 5.41) is 10.6. The van der Waals surface area contributed by atoms with Gasteiger partial charge in [-0.05, 0) is 37.5 Å². The van der Waals surface area contributed by atoms with Crippen molar-refractivity contribution in [2.24, 2.45) is 11.8 Å². The standard InChI is InChI=1S/C79H154O17P2/c1-7-10-12-14-16-17-18-19-20-21-22-23-24-29-34-39-45-51-57-63-78(83)96-75(68-90-77(82)62-56-50-44-38-33-28-26-25-27-32-37-43-48-54-60-72(6)9-3)70-94-98(87,88)92-66-73(80)65-91-97(85,86)93-69-74(67-89-76(81)61-55-49-41-15-13-11-8-2)95-79(84)64-58-52-46-40-35-30-31-36-42-47-53-59-71(4)5/h71-75,80H,7-70H2,1-6H3,(H,85,86)(H,87,88)/t72?,73-,74+,75+/m0/s1. The van der Waals surface area contributed by atoms with Gasteiger partial charge >= 0.3 is 39.5 Å². The van der Waals surface area contributed by atoms with Gasteiger partial charge in [-0.15, -0.1) is 0 Å². The van der Waals surface area contributed by atoms with Gasteiger partial charge in [-0.25, -0.2) is 9.13 Å². The van der Waals surface area contributed by atoms with E-state index in [9.17, 15) is 43.2 Å². The molecule has 19 heteroatoms. The molecule has 0 saturated heterocycles. The van der Waals surface area contributed by atoms with E-state index in [0.29, 0.717) is 25.7 Å². The van der Waals surface area contributed by atoms with Gasteiger partial charge in [0.1, 0.15) is 19.3 Å². The van der Waals surface area contributed by atoms with Crippen molar-refractivity contribution in [3.8, 4) is 0 Å². The molecule has 0 aliphatic carbocycles. The number of carbonyl (C=O) groups is 4. The van der Waals surface area contributed by atoms with Crippen molar-refractivity contribution in [3.05, 3.63) is 0 Å². The molecule has 0 amide bonds. The van der Waals surface area contributed by atoms with E-state index in [4.69, 9.17) is 37.0 Å². The van der Waals surface area contributed by atoms with E-state index in [-0.39, 0.29) is 25.7 Å². The summed E-state index contributed by atoms with van der Waals surface area (Å²) in [6.45, 7) is 9.63. The number of aliphatic hydroxyl groups excluding tert-OH is 1. The summed E-state index contributed by atoms with van der Waals surface area (Å²) in [6.07, 6.45) is 59.8. The van der Waals surface area contributed by atoms with Crippen LogP contribution in [0.25, 0.3) is 0 Å². The van der Waals surface area contributed by atoms with E-state index >= 15 is 0 Å². The maximum absolute atomic E-state index is 13.1. The molecule has 6 atom stereocenters. The molecule has 0 bridgehead atoms. The van der Waals surface area contributed by atoms with Crippen LogP contribution in [0.5, 0.6) is 0 Å². The Balaban J connectivity index is 5.19. The van der Waals surface area contributed by atoms with E-state index < -0.39 is 97.5 Å². The van der Waals surface area contributed by atoms with Crippen molar-refractivity contribution in [2.45, 2.75) is 432 Å². The topological polar surface area (TPSA) is 237 Å². The fourth-order valence-corrected chi connectivity index (χ4v) is 13.7. The molecule has 0 radical (unpaired) electrons.